The van der Waals surface area contributed by atoms with E-state index in [-0.39, 0.29) is 29.5 Å². The molecule has 11 heteroatoms. The van der Waals surface area contributed by atoms with Crippen molar-refractivity contribution in [2.45, 2.75) is 32.4 Å². The molecule has 0 saturated heterocycles. The molecule has 2 amide bonds. The van der Waals surface area contributed by atoms with Crippen LogP contribution in [0.25, 0.3) is 5.65 Å². The fourth-order valence-corrected chi connectivity index (χ4v) is 4.51. The van der Waals surface area contributed by atoms with Crippen molar-refractivity contribution in [3.8, 4) is 0 Å². The maximum absolute atomic E-state index is 13.3. The topological polar surface area (TPSA) is 139 Å². The number of fused-ring (bicyclic) bond motifs is 2. The molecule has 5 rings (SSSR count). The first-order chi connectivity index (χ1) is 17.3. The number of benzene rings is 1. The van der Waals surface area contributed by atoms with Gasteiger partial charge in [0.1, 0.15) is 11.4 Å². The van der Waals surface area contributed by atoms with Crippen LogP contribution in [-0.2, 0) is 13.0 Å². The van der Waals surface area contributed by atoms with Crippen LogP contribution in [0.4, 0.5) is 4.39 Å². The molecule has 0 fully saturated rings. The van der Waals surface area contributed by atoms with E-state index in [0.717, 1.165) is 11.1 Å². The molecule has 0 spiro atoms. The van der Waals surface area contributed by atoms with Crippen LogP contribution in [0.2, 0.25) is 0 Å². The summed E-state index contributed by atoms with van der Waals surface area (Å²) in [4.78, 5) is 45.3. The normalized spacial score (nSPS) is 14.4. The van der Waals surface area contributed by atoms with Crippen LogP contribution in [0.1, 0.15) is 66.1 Å². The molecular formula is C25H21FN6O4. The summed E-state index contributed by atoms with van der Waals surface area (Å²) in [5.74, 6) is -2.62. The number of hydrogen-bond donors (Lipinski definition) is 3. The lowest BCUT2D eigenvalue weighted by Crippen LogP contribution is -2.30. The predicted octanol–water partition coefficient (Wildman–Crippen LogP) is 2.62. The molecule has 0 saturated carbocycles. The summed E-state index contributed by atoms with van der Waals surface area (Å²) in [5, 5.41) is 19.2. The number of rotatable bonds is 6. The van der Waals surface area contributed by atoms with E-state index >= 15 is 0 Å². The maximum atomic E-state index is 13.3. The molecule has 0 radical (unpaired) electrons. The van der Waals surface area contributed by atoms with Crippen molar-refractivity contribution >= 4 is 23.4 Å². The fraction of sp³-hybridized carbons (Fsp3) is 0.200. The highest BCUT2D eigenvalue weighted by atomic mass is 19.1. The van der Waals surface area contributed by atoms with Gasteiger partial charge in [-0.25, -0.2) is 19.3 Å². The average Bonchev–Trinajstić information content (AvgIpc) is 3.49. The van der Waals surface area contributed by atoms with Crippen LogP contribution in [0.5, 0.6) is 0 Å². The van der Waals surface area contributed by atoms with E-state index in [4.69, 9.17) is 0 Å². The molecule has 4 aromatic rings. The Kier molecular flexibility index (Phi) is 5.88. The number of aromatic nitrogens is 4. The van der Waals surface area contributed by atoms with E-state index in [1.807, 2.05) is 0 Å². The van der Waals surface area contributed by atoms with Crippen LogP contribution in [-0.4, -0.2) is 42.5 Å². The molecule has 1 aromatic carbocycles. The summed E-state index contributed by atoms with van der Waals surface area (Å²) in [6.45, 7) is 1.83. The van der Waals surface area contributed by atoms with Crippen molar-refractivity contribution in [2.24, 2.45) is 0 Å². The number of pyridine rings is 1. The van der Waals surface area contributed by atoms with Gasteiger partial charge >= 0.3 is 5.97 Å². The van der Waals surface area contributed by atoms with Gasteiger partial charge in [-0.1, -0.05) is 6.07 Å². The Bertz CT molecular complexity index is 1530. The van der Waals surface area contributed by atoms with Gasteiger partial charge in [0, 0.05) is 24.9 Å². The second-order valence-electron chi connectivity index (χ2n) is 8.47. The summed E-state index contributed by atoms with van der Waals surface area (Å²) in [7, 11) is 0. The van der Waals surface area contributed by atoms with E-state index in [1.165, 1.54) is 29.0 Å². The number of carboxylic acids is 1. The third kappa shape index (κ3) is 4.26. The first-order valence-corrected chi connectivity index (χ1v) is 11.2. The molecule has 182 valence electrons. The van der Waals surface area contributed by atoms with Crippen LogP contribution in [0.3, 0.4) is 0 Å². The Balaban J connectivity index is 1.38. The summed E-state index contributed by atoms with van der Waals surface area (Å²) in [6, 6.07) is 8.70. The van der Waals surface area contributed by atoms with E-state index in [9.17, 15) is 23.9 Å². The van der Waals surface area contributed by atoms with Crippen LogP contribution in [0.15, 0.2) is 48.8 Å². The molecule has 1 aliphatic carbocycles. The van der Waals surface area contributed by atoms with Crippen molar-refractivity contribution < 1.29 is 23.9 Å². The SMILES string of the molecule is Cc1c(C(=O)O)ccc2c1CC[C@H]2NC(=O)c1cc(C(=O)NCc2ccnc(F)c2)nc2ccnn12. The molecule has 0 unspecified atom stereocenters. The lowest BCUT2D eigenvalue weighted by atomic mass is 9.98. The summed E-state index contributed by atoms with van der Waals surface area (Å²) in [6.07, 6.45) is 4.04. The van der Waals surface area contributed by atoms with Gasteiger partial charge in [-0.15, -0.1) is 0 Å². The van der Waals surface area contributed by atoms with Crippen molar-refractivity contribution in [2.75, 3.05) is 0 Å². The van der Waals surface area contributed by atoms with Gasteiger partial charge in [-0.2, -0.15) is 9.49 Å². The third-order valence-corrected chi connectivity index (χ3v) is 6.30. The standard InChI is InChI=1S/C25H21FN6O4/c1-13-15-4-5-18(17(15)3-2-16(13)25(35)36)31-24(34)20-11-19(30-22-7-9-29-32(20)22)23(33)28-12-14-6-8-27-21(26)10-14/h2-3,6-11,18H,4-5,12H2,1H3,(H,28,33)(H,31,34)(H,35,36)/t18-/m1/s1. The number of aromatic carboxylic acids is 1. The van der Waals surface area contributed by atoms with E-state index in [1.54, 1.807) is 31.2 Å². The number of hydrogen-bond acceptors (Lipinski definition) is 6. The first-order valence-electron chi connectivity index (χ1n) is 11.2. The van der Waals surface area contributed by atoms with E-state index in [0.29, 0.717) is 29.6 Å². The number of carbonyl (C=O) groups excluding carboxylic acids is 2. The third-order valence-electron chi connectivity index (χ3n) is 6.30. The molecule has 3 heterocycles. The minimum Gasteiger partial charge on any atom is -0.478 e. The van der Waals surface area contributed by atoms with Crippen molar-refractivity contribution in [1.29, 1.82) is 0 Å². The highest BCUT2D eigenvalue weighted by Gasteiger charge is 2.28. The molecule has 36 heavy (non-hydrogen) atoms. The Morgan fingerprint density at radius 1 is 1.14 bits per heavy atom. The van der Waals surface area contributed by atoms with Crippen LogP contribution >= 0.6 is 0 Å². The fourth-order valence-electron chi connectivity index (χ4n) is 4.51. The van der Waals surface area contributed by atoms with Gasteiger partial charge in [0.15, 0.2) is 5.65 Å². The molecule has 3 N–H and O–H groups in total. The van der Waals surface area contributed by atoms with Crippen LogP contribution in [0, 0.1) is 12.9 Å². The Morgan fingerprint density at radius 2 is 1.97 bits per heavy atom. The molecule has 3 aromatic heterocycles. The summed E-state index contributed by atoms with van der Waals surface area (Å²) in [5.41, 5.74) is 3.72. The second-order valence-corrected chi connectivity index (χ2v) is 8.47. The van der Waals surface area contributed by atoms with Crippen molar-refractivity contribution in [1.82, 2.24) is 30.2 Å². The largest absolute Gasteiger partial charge is 0.478 e. The van der Waals surface area contributed by atoms with E-state index < -0.39 is 23.7 Å². The quantitative estimate of drug-likeness (QED) is 0.355. The number of carbonyl (C=O) groups is 3. The molecule has 0 bridgehead atoms. The highest BCUT2D eigenvalue weighted by molar-refractivity contribution is 5.98. The lowest BCUT2D eigenvalue weighted by molar-refractivity contribution is 0.0695. The zero-order valence-electron chi connectivity index (χ0n) is 19.2. The smallest absolute Gasteiger partial charge is 0.335 e. The van der Waals surface area contributed by atoms with E-state index in [2.05, 4.69) is 25.7 Å². The summed E-state index contributed by atoms with van der Waals surface area (Å²) >= 11 is 0. The Labute approximate surface area is 204 Å². The van der Waals surface area contributed by atoms with Gasteiger partial charge in [0.05, 0.1) is 17.8 Å². The second kappa shape index (κ2) is 9.17. The molecule has 1 aliphatic rings. The first kappa shape index (κ1) is 23.1. The minimum absolute atomic E-state index is 0.0106. The Hall–Kier alpha value is -4.67. The molecular weight excluding hydrogens is 467 g/mol. The van der Waals surface area contributed by atoms with Gasteiger partial charge in [-0.3, -0.25) is 9.59 Å². The van der Waals surface area contributed by atoms with Gasteiger partial charge in [-0.05, 0) is 60.2 Å². The van der Waals surface area contributed by atoms with Gasteiger partial charge in [0.25, 0.3) is 11.8 Å². The number of halogens is 1. The van der Waals surface area contributed by atoms with Gasteiger partial charge in [0.2, 0.25) is 5.95 Å². The minimum atomic E-state index is -0.986. The lowest BCUT2D eigenvalue weighted by Gasteiger charge is -2.16. The molecule has 10 nitrogen and oxygen atoms in total. The molecule has 0 aliphatic heterocycles. The van der Waals surface area contributed by atoms with Crippen LogP contribution < -0.4 is 10.6 Å². The van der Waals surface area contributed by atoms with Crippen molar-refractivity contribution in [3.05, 3.63) is 93.9 Å². The Morgan fingerprint density at radius 3 is 2.75 bits per heavy atom. The number of carboxylic acid groups (broad SMARTS) is 1. The zero-order chi connectivity index (χ0) is 25.4. The van der Waals surface area contributed by atoms with Crippen molar-refractivity contribution in [3.63, 3.8) is 0 Å². The van der Waals surface area contributed by atoms with Gasteiger partial charge < -0.3 is 15.7 Å². The zero-order valence-corrected chi connectivity index (χ0v) is 19.2. The number of nitrogens with one attached hydrogen (secondary N) is 2. The molecule has 1 atom stereocenters. The highest BCUT2D eigenvalue weighted by Crippen LogP contribution is 2.34. The average molecular weight is 488 g/mol. The number of amides is 2. The summed E-state index contributed by atoms with van der Waals surface area (Å²) < 4.78 is 14.7. The maximum Gasteiger partial charge on any atom is 0.335 e. The monoisotopic (exact) mass is 488 g/mol. The predicted molar refractivity (Wildman–Crippen MR) is 125 cm³/mol. The number of nitrogens with zero attached hydrogens (tertiary/aromatic N) is 4.